The number of aryl methyl sites for hydroxylation is 1. The van der Waals surface area contributed by atoms with E-state index >= 15 is 0 Å². The van der Waals surface area contributed by atoms with E-state index in [4.69, 9.17) is 14.6 Å². The Kier molecular flexibility index (Phi) is 6.50. The van der Waals surface area contributed by atoms with Gasteiger partial charge in [0.15, 0.2) is 0 Å². The summed E-state index contributed by atoms with van der Waals surface area (Å²) < 4.78 is 10.7. The van der Waals surface area contributed by atoms with E-state index in [1.165, 1.54) is 0 Å². The molecule has 0 radical (unpaired) electrons. The van der Waals surface area contributed by atoms with Crippen molar-refractivity contribution in [3.8, 4) is 0 Å². The molecule has 3 N–H and O–H groups in total. The molecule has 180 valence electrons. The Morgan fingerprint density at radius 1 is 1.03 bits per heavy atom. The number of hydrogen-bond donors (Lipinski definition) is 3. The predicted molar refractivity (Wildman–Crippen MR) is 125 cm³/mol. The Hall–Kier alpha value is -3.55. The number of benzene rings is 2. The number of hydrogen-bond acceptors (Lipinski definition) is 5. The summed E-state index contributed by atoms with van der Waals surface area (Å²) in [6.45, 7) is 5.65. The summed E-state index contributed by atoms with van der Waals surface area (Å²) in [5, 5.41) is 14.9. The number of carbonyl (C=O) groups is 3. The molecule has 3 atom stereocenters. The first-order valence-corrected chi connectivity index (χ1v) is 11.5. The standard InChI is InChI=1S/C26H30N2O6/c1-26(2,3)34-25(32)28-22-13-20(22)16-6-4-15(5-7-16)14-33-24(31)27-21-11-9-17-12-18(23(29)30)8-10-19(17)21/h4-8,10,12,20-22H,9,11,13-14H2,1-3H3,(H,27,31)(H,28,32)(H,29,30)/t20?,21?,22-/m0/s1. The van der Waals surface area contributed by atoms with E-state index in [0.717, 1.165) is 28.7 Å². The topological polar surface area (TPSA) is 114 Å². The molecule has 2 aliphatic carbocycles. The zero-order valence-electron chi connectivity index (χ0n) is 19.6. The molecule has 1 saturated carbocycles. The summed E-state index contributed by atoms with van der Waals surface area (Å²) in [7, 11) is 0. The van der Waals surface area contributed by atoms with Crippen LogP contribution in [0.2, 0.25) is 0 Å². The second kappa shape index (κ2) is 9.37. The molecule has 0 bridgehead atoms. The van der Waals surface area contributed by atoms with Crippen molar-refractivity contribution in [1.82, 2.24) is 10.6 Å². The fraction of sp³-hybridized carbons (Fsp3) is 0.423. The zero-order chi connectivity index (χ0) is 24.5. The Morgan fingerprint density at radius 2 is 1.76 bits per heavy atom. The third-order valence-electron chi connectivity index (χ3n) is 6.03. The molecule has 2 aliphatic rings. The summed E-state index contributed by atoms with van der Waals surface area (Å²) >= 11 is 0. The minimum Gasteiger partial charge on any atom is -0.478 e. The summed E-state index contributed by atoms with van der Waals surface area (Å²) in [6.07, 6.45) is 1.39. The predicted octanol–water partition coefficient (Wildman–Crippen LogP) is 4.68. The molecule has 0 spiro atoms. The van der Waals surface area contributed by atoms with Gasteiger partial charge in [-0.1, -0.05) is 30.3 Å². The van der Waals surface area contributed by atoms with Crippen LogP contribution < -0.4 is 10.6 Å². The van der Waals surface area contributed by atoms with Crippen molar-refractivity contribution in [2.45, 2.75) is 70.2 Å². The van der Waals surface area contributed by atoms with Crippen LogP contribution >= 0.6 is 0 Å². The number of alkyl carbamates (subject to hydrolysis) is 2. The fourth-order valence-corrected chi connectivity index (χ4v) is 4.28. The van der Waals surface area contributed by atoms with E-state index < -0.39 is 23.8 Å². The van der Waals surface area contributed by atoms with E-state index in [-0.39, 0.29) is 30.2 Å². The van der Waals surface area contributed by atoms with Crippen LogP contribution in [0.25, 0.3) is 0 Å². The molecule has 2 aromatic rings. The Bertz CT molecular complexity index is 1090. The monoisotopic (exact) mass is 466 g/mol. The number of rotatable bonds is 6. The van der Waals surface area contributed by atoms with E-state index in [0.29, 0.717) is 12.8 Å². The largest absolute Gasteiger partial charge is 0.478 e. The van der Waals surface area contributed by atoms with Crippen molar-refractivity contribution in [3.63, 3.8) is 0 Å². The maximum Gasteiger partial charge on any atom is 0.407 e. The van der Waals surface area contributed by atoms with Gasteiger partial charge in [0.05, 0.1) is 11.6 Å². The SMILES string of the molecule is CC(C)(C)OC(=O)N[C@H]1CC1c1ccc(COC(=O)NC2CCc3cc(C(=O)O)ccc32)cc1. The second-order valence-electron chi connectivity index (χ2n) is 9.87. The Morgan fingerprint density at radius 3 is 2.44 bits per heavy atom. The third-order valence-corrected chi connectivity index (χ3v) is 6.03. The molecular weight excluding hydrogens is 436 g/mol. The van der Waals surface area contributed by atoms with Gasteiger partial charge in [0.2, 0.25) is 0 Å². The van der Waals surface area contributed by atoms with Gasteiger partial charge in [-0.15, -0.1) is 0 Å². The number of carbonyl (C=O) groups excluding carboxylic acids is 2. The number of amides is 2. The zero-order valence-corrected chi connectivity index (χ0v) is 19.6. The molecule has 0 aromatic heterocycles. The molecule has 2 aromatic carbocycles. The van der Waals surface area contributed by atoms with Gasteiger partial charge in [0, 0.05) is 12.0 Å². The van der Waals surface area contributed by atoms with Gasteiger partial charge in [-0.05, 0) is 74.4 Å². The maximum atomic E-state index is 12.3. The molecule has 2 amide bonds. The maximum absolute atomic E-state index is 12.3. The normalized spacial score (nSPS) is 20.7. The number of carboxylic acids is 1. The lowest BCUT2D eigenvalue weighted by molar-refractivity contribution is 0.0522. The van der Waals surface area contributed by atoms with E-state index in [2.05, 4.69) is 10.6 Å². The Balaban J connectivity index is 1.23. The first-order valence-electron chi connectivity index (χ1n) is 11.5. The molecule has 8 nitrogen and oxygen atoms in total. The number of aromatic carboxylic acids is 1. The van der Waals surface area contributed by atoms with Crippen molar-refractivity contribution in [1.29, 1.82) is 0 Å². The van der Waals surface area contributed by atoms with Crippen LogP contribution in [0.15, 0.2) is 42.5 Å². The molecular formula is C26H30N2O6. The van der Waals surface area contributed by atoms with Gasteiger partial charge in [0.1, 0.15) is 12.2 Å². The van der Waals surface area contributed by atoms with Crippen LogP contribution in [0.4, 0.5) is 9.59 Å². The van der Waals surface area contributed by atoms with Gasteiger partial charge in [-0.2, -0.15) is 0 Å². The summed E-state index contributed by atoms with van der Waals surface area (Å²) in [6, 6.07) is 12.7. The number of carboxylic acid groups (broad SMARTS) is 1. The highest BCUT2D eigenvalue weighted by Crippen LogP contribution is 2.41. The highest BCUT2D eigenvalue weighted by Gasteiger charge is 2.40. The van der Waals surface area contributed by atoms with Gasteiger partial charge < -0.3 is 25.2 Å². The molecule has 0 aliphatic heterocycles. The lowest BCUT2D eigenvalue weighted by Gasteiger charge is -2.19. The van der Waals surface area contributed by atoms with Crippen LogP contribution in [0.5, 0.6) is 0 Å². The third kappa shape index (κ3) is 5.87. The van der Waals surface area contributed by atoms with Crippen LogP contribution in [0.3, 0.4) is 0 Å². The van der Waals surface area contributed by atoms with Crippen molar-refractivity contribution in [2.75, 3.05) is 0 Å². The highest BCUT2D eigenvalue weighted by molar-refractivity contribution is 5.88. The Labute approximate surface area is 198 Å². The van der Waals surface area contributed by atoms with Crippen LogP contribution in [-0.2, 0) is 22.5 Å². The van der Waals surface area contributed by atoms with Crippen molar-refractivity contribution in [3.05, 3.63) is 70.3 Å². The first-order chi connectivity index (χ1) is 16.1. The van der Waals surface area contributed by atoms with Crippen LogP contribution in [0, 0.1) is 0 Å². The molecule has 34 heavy (non-hydrogen) atoms. The average molecular weight is 467 g/mol. The molecule has 0 saturated heterocycles. The van der Waals surface area contributed by atoms with Crippen molar-refractivity contribution >= 4 is 18.2 Å². The number of fused-ring (bicyclic) bond motifs is 1. The minimum absolute atomic E-state index is 0.0728. The van der Waals surface area contributed by atoms with Crippen LogP contribution in [-0.4, -0.2) is 34.9 Å². The lowest BCUT2D eigenvalue weighted by atomic mass is 10.0. The van der Waals surface area contributed by atoms with E-state index in [1.807, 2.05) is 45.0 Å². The van der Waals surface area contributed by atoms with Gasteiger partial charge >= 0.3 is 18.2 Å². The quantitative estimate of drug-likeness (QED) is 0.570. The number of nitrogens with one attached hydrogen (secondary N) is 2. The summed E-state index contributed by atoms with van der Waals surface area (Å²) in [4.78, 5) is 35.4. The molecule has 4 rings (SSSR count). The molecule has 1 fully saturated rings. The average Bonchev–Trinajstić information content (AvgIpc) is 3.41. The highest BCUT2D eigenvalue weighted by atomic mass is 16.6. The molecule has 8 heteroatoms. The van der Waals surface area contributed by atoms with Crippen LogP contribution in [0.1, 0.15) is 78.2 Å². The smallest absolute Gasteiger partial charge is 0.407 e. The van der Waals surface area contributed by atoms with Crippen molar-refractivity contribution in [2.24, 2.45) is 0 Å². The van der Waals surface area contributed by atoms with E-state index in [9.17, 15) is 14.4 Å². The molecule has 0 heterocycles. The summed E-state index contributed by atoms with van der Waals surface area (Å²) in [5.74, 6) is -0.698. The van der Waals surface area contributed by atoms with Gasteiger partial charge in [0.25, 0.3) is 0 Å². The lowest BCUT2D eigenvalue weighted by Crippen LogP contribution is -2.34. The summed E-state index contributed by atoms with van der Waals surface area (Å²) in [5.41, 5.74) is 3.61. The molecule has 2 unspecified atom stereocenters. The fourth-order valence-electron chi connectivity index (χ4n) is 4.28. The van der Waals surface area contributed by atoms with Crippen molar-refractivity contribution < 1.29 is 29.0 Å². The van der Waals surface area contributed by atoms with E-state index in [1.54, 1.807) is 18.2 Å². The minimum atomic E-state index is -0.957. The van der Waals surface area contributed by atoms with Gasteiger partial charge in [-0.25, -0.2) is 14.4 Å². The first kappa shape index (κ1) is 23.6. The van der Waals surface area contributed by atoms with Gasteiger partial charge in [-0.3, -0.25) is 0 Å². The second-order valence-corrected chi connectivity index (χ2v) is 9.87. The number of ether oxygens (including phenoxy) is 2.